The minimum Gasteiger partial charge on any atom is -0.354 e. The number of rotatable bonds is 5. The molecule has 1 saturated heterocycles. The summed E-state index contributed by atoms with van der Waals surface area (Å²) in [5, 5.41) is 12.5. The molecule has 0 aliphatic carbocycles. The third-order valence-electron chi connectivity index (χ3n) is 5.22. The topological polar surface area (TPSA) is 58.1 Å². The van der Waals surface area contributed by atoms with E-state index >= 15 is 0 Å². The van der Waals surface area contributed by atoms with E-state index in [4.69, 9.17) is 11.6 Å². The van der Waals surface area contributed by atoms with Crippen LogP contribution in [0.3, 0.4) is 0 Å². The molecule has 1 fully saturated rings. The van der Waals surface area contributed by atoms with Gasteiger partial charge in [-0.2, -0.15) is 0 Å². The molecule has 3 aromatic rings. The van der Waals surface area contributed by atoms with E-state index < -0.39 is 0 Å². The molecule has 1 unspecified atom stereocenters. The van der Waals surface area contributed by atoms with Gasteiger partial charge < -0.3 is 10.2 Å². The second-order valence-corrected chi connectivity index (χ2v) is 7.71. The number of piperidine rings is 1. The molecule has 1 aromatic heterocycles. The largest absolute Gasteiger partial charge is 0.354 e. The quantitative estimate of drug-likeness (QED) is 0.685. The minimum absolute atomic E-state index is 0.0368. The molecule has 29 heavy (non-hydrogen) atoms. The van der Waals surface area contributed by atoms with E-state index in [1.165, 1.54) is 0 Å². The zero-order chi connectivity index (χ0) is 20.1. The molecule has 2 heterocycles. The molecular formula is C23H23ClN4O. The Bertz CT molecular complexity index is 945. The lowest BCUT2D eigenvalue weighted by Crippen LogP contribution is -2.43. The lowest BCUT2D eigenvalue weighted by atomic mass is 9.97. The second-order valence-electron chi connectivity index (χ2n) is 7.27. The molecule has 1 amide bonds. The number of hydrogen-bond acceptors (Lipinski definition) is 4. The van der Waals surface area contributed by atoms with E-state index in [9.17, 15) is 4.79 Å². The standard InChI is InChI=1S/C23H23ClN4O/c24-20-10-8-18(9-11-20)21-12-13-22(27-26-21)28-14-4-7-19(16-28)23(29)25-15-17-5-2-1-3-6-17/h1-3,5-6,8-13,19H,4,7,14-16H2,(H,25,29). The fourth-order valence-corrected chi connectivity index (χ4v) is 3.72. The number of aromatic nitrogens is 2. The van der Waals surface area contributed by atoms with Crippen molar-refractivity contribution in [3.63, 3.8) is 0 Å². The summed E-state index contributed by atoms with van der Waals surface area (Å²) in [5.74, 6) is 0.873. The zero-order valence-electron chi connectivity index (χ0n) is 16.1. The molecule has 6 heteroatoms. The van der Waals surface area contributed by atoms with Crippen molar-refractivity contribution in [3.8, 4) is 11.3 Å². The van der Waals surface area contributed by atoms with Crippen LogP contribution in [0.25, 0.3) is 11.3 Å². The summed E-state index contributed by atoms with van der Waals surface area (Å²) in [4.78, 5) is 14.8. The Morgan fingerprint density at radius 3 is 2.55 bits per heavy atom. The first kappa shape index (κ1) is 19.4. The van der Waals surface area contributed by atoms with Gasteiger partial charge in [-0.25, -0.2) is 0 Å². The van der Waals surface area contributed by atoms with Crippen molar-refractivity contribution in [1.29, 1.82) is 0 Å². The van der Waals surface area contributed by atoms with E-state index in [-0.39, 0.29) is 11.8 Å². The molecule has 4 rings (SSSR count). The second kappa shape index (κ2) is 9.05. The first-order valence-corrected chi connectivity index (χ1v) is 10.2. The number of hydrogen-bond donors (Lipinski definition) is 1. The van der Waals surface area contributed by atoms with Gasteiger partial charge in [0.15, 0.2) is 5.82 Å². The molecule has 5 nitrogen and oxygen atoms in total. The smallest absolute Gasteiger partial charge is 0.225 e. The number of carbonyl (C=O) groups excluding carboxylic acids is 1. The molecule has 1 aliphatic rings. The molecule has 0 spiro atoms. The molecule has 2 aromatic carbocycles. The number of nitrogens with one attached hydrogen (secondary N) is 1. The zero-order valence-corrected chi connectivity index (χ0v) is 16.8. The van der Waals surface area contributed by atoms with Crippen LogP contribution >= 0.6 is 11.6 Å². The molecule has 1 aliphatic heterocycles. The fourth-order valence-electron chi connectivity index (χ4n) is 3.60. The monoisotopic (exact) mass is 406 g/mol. The predicted octanol–water partition coefficient (Wildman–Crippen LogP) is 4.33. The lowest BCUT2D eigenvalue weighted by Gasteiger charge is -2.32. The molecule has 148 valence electrons. The SMILES string of the molecule is O=C(NCc1ccccc1)C1CCCN(c2ccc(-c3ccc(Cl)cc3)nn2)C1. The predicted molar refractivity (Wildman–Crippen MR) is 116 cm³/mol. The van der Waals surface area contributed by atoms with Crippen molar-refractivity contribution in [3.05, 3.63) is 77.3 Å². The summed E-state index contributed by atoms with van der Waals surface area (Å²) in [6, 6.07) is 21.5. The fraction of sp³-hybridized carbons (Fsp3) is 0.261. The number of nitrogens with zero attached hydrogens (tertiary/aromatic N) is 3. The summed E-state index contributed by atoms with van der Waals surface area (Å²) in [6.07, 6.45) is 1.86. The summed E-state index contributed by atoms with van der Waals surface area (Å²) in [7, 11) is 0. The summed E-state index contributed by atoms with van der Waals surface area (Å²) >= 11 is 5.95. The van der Waals surface area contributed by atoms with Crippen molar-refractivity contribution < 1.29 is 4.79 Å². The van der Waals surface area contributed by atoms with Crippen LogP contribution in [-0.4, -0.2) is 29.2 Å². The average molecular weight is 407 g/mol. The van der Waals surface area contributed by atoms with Gasteiger partial charge in [0.1, 0.15) is 0 Å². The Labute approximate surface area is 175 Å². The Kier molecular flexibility index (Phi) is 6.06. The highest BCUT2D eigenvalue weighted by Gasteiger charge is 2.26. The van der Waals surface area contributed by atoms with Crippen LogP contribution < -0.4 is 10.2 Å². The van der Waals surface area contributed by atoms with Crippen LogP contribution in [0.1, 0.15) is 18.4 Å². The molecule has 1 N–H and O–H groups in total. The summed E-state index contributed by atoms with van der Waals surface area (Å²) in [5.41, 5.74) is 2.89. The highest BCUT2D eigenvalue weighted by Crippen LogP contribution is 2.24. The van der Waals surface area contributed by atoms with E-state index in [0.29, 0.717) is 18.1 Å². The van der Waals surface area contributed by atoms with Crippen LogP contribution in [0.5, 0.6) is 0 Å². The van der Waals surface area contributed by atoms with E-state index in [1.807, 2.05) is 66.7 Å². The number of carbonyl (C=O) groups is 1. The Hall–Kier alpha value is -2.92. The van der Waals surface area contributed by atoms with Gasteiger partial charge in [0.25, 0.3) is 0 Å². The van der Waals surface area contributed by atoms with E-state index in [1.54, 1.807) is 0 Å². The van der Waals surface area contributed by atoms with E-state index in [2.05, 4.69) is 20.4 Å². The van der Waals surface area contributed by atoms with Gasteiger partial charge in [0.05, 0.1) is 11.6 Å². The van der Waals surface area contributed by atoms with Crippen molar-refractivity contribution in [2.24, 2.45) is 5.92 Å². The average Bonchev–Trinajstić information content (AvgIpc) is 2.79. The van der Waals surface area contributed by atoms with Crippen LogP contribution in [0.4, 0.5) is 5.82 Å². The molecule has 0 bridgehead atoms. The third kappa shape index (κ3) is 4.93. The van der Waals surface area contributed by atoms with Crippen molar-refractivity contribution in [2.75, 3.05) is 18.0 Å². The van der Waals surface area contributed by atoms with Gasteiger partial charge in [-0.1, -0.05) is 54.1 Å². The number of amides is 1. The van der Waals surface area contributed by atoms with Crippen LogP contribution in [0.15, 0.2) is 66.7 Å². The van der Waals surface area contributed by atoms with Gasteiger partial charge >= 0.3 is 0 Å². The van der Waals surface area contributed by atoms with Gasteiger partial charge in [-0.3, -0.25) is 4.79 Å². The van der Waals surface area contributed by atoms with Gasteiger partial charge in [-0.05, 0) is 42.7 Å². The van der Waals surface area contributed by atoms with Crippen LogP contribution in [-0.2, 0) is 11.3 Å². The maximum absolute atomic E-state index is 12.6. The Morgan fingerprint density at radius 2 is 1.83 bits per heavy atom. The highest BCUT2D eigenvalue weighted by atomic mass is 35.5. The number of benzene rings is 2. The number of halogens is 1. The molecule has 0 saturated carbocycles. The maximum atomic E-state index is 12.6. The van der Waals surface area contributed by atoms with Gasteiger partial charge in [-0.15, -0.1) is 10.2 Å². The Morgan fingerprint density at radius 1 is 1.03 bits per heavy atom. The van der Waals surface area contributed by atoms with Crippen LogP contribution in [0.2, 0.25) is 5.02 Å². The van der Waals surface area contributed by atoms with Gasteiger partial charge in [0, 0.05) is 30.2 Å². The van der Waals surface area contributed by atoms with Gasteiger partial charge in [0.2, 0.25) is 5.91 Å². The molecule has 0 radical (unpaired) electrons. The first-order valence-electron chi connectivity index (χ1n) is 9.85. The summed E-state index contributed by atoms with van der Waals surface area (Å²) in [6.45, 7) is 2.11. The number of anilines is 1. The minimum atomic E-state index is -0.0368. The maximum Gasteiger partial charge on any atom is 0.225 e. The Balaban J connectivity index is 1.37. The molecule has 1 atom stereocenters. The lowest BCUT2D eigenvalue weighted by molar-refractivity contribution is -0.125. The third-order valence-corrected chi connectivity index (χ3v) is 5.47. The first-order chi connectivity index (χ1) is 14.2. The van der Waals surface area contributed by atoms with Crippen molar-refractivity contribution in [2.45, 2.75) is 19.4 Å². The van der Waals surface area contributed by atoms with Crippen molar-refractivity contribution in [1.82, 2.24) is 15.5 Å². The molecular weight excluding hydrogens is 384 g/mol. The summed E-state index contributed by atoms with van der Waals surface area (Å²) < 4.78 is 0. The normalized spacial score (nSPS) is 16.4. The van der Waals surface area contributed by atoms with Crippen molar-refractivity contribution >= 4 is 23.3 Å². The van der Waals surface area contributed by atoms with E-state index in [0.717, 1.165) is 42.0 Å². The van der Waals surface area contributed by atoms with Crippen LogP contribution in [0, 0.1) is 5.92 Å². The highest BCUT2D eigenvalue weighted by molar-refractivity contribution is 6.30.